The van der Waals surface area contributed by atoms with E-state index in [4.69, 9.17) is 0 Å². The summed E-state index contributed by atoms with van der Waals surface area (Å²) < 4.78 is 26.9. The Morgan fingerprint density at radius 1 is 1.06 bits per heavy atom. The van der Waals surface area contributed by atoms with E-state index in [2.05, 4.69) is 22.3 Å². The molecule has 8 nitrogen and oxygen atoms in total. The SMILES string of the molecule is CN(c1ccc(NC2CCN(Cc3ccccc3)C2)c([N+](=O)[O-])c1)S(=O)(=O)c1ccccc1. The van der Waals surface area contributed by atoms with Crippen molar-refractivity contribution >= 4 is 27.1 Å². The van der Waals surface area contributed by atoms with Gasteiger partial charge in [-0.05, 0) is 36.2 Å². The summed E-state index contributed by atoms with van der Waals surface area (Å²) >= 11 is 0. The lowest BCUT2D eigenvalue weighted by Gasteiger charge is -2.21. The van der Waals surface area contributed by atoms with Crippen LogP contribution in [0.1, 0.15) is 12.0 Å². The Bertz CT molecular complexity index is 1220. The third kappa shape index (κ3) is 5.15. The van der Waals surface area contributed by atoms with Gasteiger partial charge in [-0.2, -0.15) is 0 Å². The highest BCUT2D eigenvalue weighted by Crippen LogP contribution is 2.33. The van der Waals surface area contributed by atoms with Crippen LogP contribution in [-0.2, 0) is 16.6 Å². The summed E-state index contributed by atoms with van der Waals surface area (Å²) in [5, 5.41) is 15.1. The Kier molecular flexibility index (Phi) is 6.62. The van der Waals surface area contributed by atoms with Crippen LogP contribution in [0.15, 0.2) is 83.8 Å². The van der Waals surface area contributed by atoms with Crippen LogP contribution in [0, 0.1) is 10.1 Å². The molecular weight excluding hydrogens is 440 g/mol. The Hall–Kier alpha value is -3.43. The fourth-order valence-corrected chi connectivity index (χ4v) is 5.24. The maximum absolute atomic E-state index is 12.9. The molecule has 1 heterocycles. The topological polar surface area (TPSA) is 95.8 Å². The van der Waals surface area contributed by atoms with Gasteiger partial charge in [0, 0.05) is 38.8 Å². The summed E-state index contributed by atoms with van der Waals surface area (Å²) in [6.07, 6.45) is 0.869. The second-order valence-corrected chi connectivity index (χ2v) is 10.1. The van der Waals surface area contributed by atoms with E-state index in [9.17, 15) is 18.5 Å². The monoisotopic (exact) mass is 466 g/mol. The van der Waals surface area contributed by atoms with Crippen LogP contribution in [0.2, 0.25) is 0 Å². The standard InChI is InChI=1S/C24H26N4O4S/c1-26(33(31,32)22-10-6-3-7-11-22)21-12-13-23(24(16-21)28(29)30)25-20-14-15-27(18-20)17-19-8-4-2-5-9-19/h2-13,16,20,25H,14-15,17-18H2,1H3. The van der Waals surface area contributed by atoms with Crippen molar-refractivity contribution in [2.45, 2.75) is 23.9 Å². The van der Waals surface area contributed by atoms with Crippen LogP contribution in [0.25, 0.3) is 0 Å². The lowest BCUT2D eigenvalue weighted by Crippen LogP contribution is -2.27. The van der Waals surface area contributed by atoms with E-state index in [1.54, 1.807) is 30.3 Å². The number of hydrogen-bond donors (Lipinski definition) is 1. The van der Waals surface area contributed by atoms with Gasteiger partial charge in [0.15, 0.2) is 0 Å². The number of anilines is 2. The minimum absolute atomic E-state index is 0.0732. The molecule has 0 saturated carbocycles. The molecule has 1 atom stereocenters. The molecule has 0 spiro atoms. The molecule has 3 aromatic rings. The number of rotatable bonds is 8. The van der Waals surface area contributed by atoms with E-state index in [1.807, 2.05) is 18.2 Å². The van der Waals surface area contributed by atoms with Gasteiger partial charge in [0.05, 0.1) is 15.5 Å². The summed E-state index contributed by atoms with van der Waals surface area (Å²) in [6.45, 7) is 2.51. The Morgan fingerprint density at radius 2 is 1.73 bits per heavy atom. The van der Waals surface area contributed by atoms with Crippen molar-refractivity contribution < 1.29 is 13.3 Å². The number of nitro benzene ring substituents is 1. The van der Waals surface area contributed by atoms with Gasteiger partial charge in [0.1, 0.15) is 5.69 Å². The second-order valence-electron chi connectivity index (χ2n) is 8.09. The molecule has 0 amide bonds. The van der Waals surface area contributed by atoms with Crippen molar-refractivity contribution in [1.29, 1.82) is 0 Å². The molecule has 1 aliphatic rings. The first kappa shape index (κ1) is 22.8. The molecular formula is C24H26N4O4S. The van der Waals surface area contributed by atoms with Crippen LogP contribution >= 0.6 is 0 Å². The Labute approximate surface area is 193 Å². The molecule has 1 unspecified atom stereocenters. The number of nitrogens with one attached hydrogen (secondary N) is 1. The smallest absolute Gasteiger partial charge is 0.294 e. The van der Waals surface area contributed by atoms with Crippen molar-refractivity contribution in [3.8, 4) is 0 Å². The van der Waals surface area contributed by atoms with Gasteiger partial charge in [-0.1, -0.05) is 48.5 Å². The molecule has 9 heteroatoms. The molecule has 0 aromatic heterocycles. The summed E-state index contributed by atoms with van der Waals surface area (Å²) in [6, 6.07) is 22.8. The summed E-state index contributed by atoms with van der Waals surface area (Å²) in [5.74, 6) is 0. The molecule has 0 aliphatic carbocycles. The minimum atomic E-state index is -3.82. The van der Waals surface area contributed by atoms with E-state index in [0.717, 1.165) is 30.4 Å². The van der Waals surface area contributed by atoms with Crippen molar-refractivity contribution in [2.24, 2.45) is 0 Å². The van der Waals surface area contributed by atoms with Crippen molar-refractivity contribution in [2.75, 3.05) is 29.8 Å². The van der Waals surface area contributed by atoms with Crippen LogP contribution in [0.5, 0.6) is 0 Å². The van der Waals surface area contributed by atoms with E-state index in [1.165, 1.54) is 30.8 Å². The molecule has 1 fully saturated rings. The third-order valence-corrected chi connectivity index (χ3v) is 7.62. The molecule has 1 aliphatic heterocycles. The van der Waals surface area contributed by atoms with Gasteiger partial charge in [0.2, 0.25) is 0 Å². The van der Waals surface area contributed by atoms with Crippen molar-refractivity contribution in [3.63, 3.8) is 0 Å². The van der Waals surface area contributed by atoms with Crippen LogP contribution in [0.3, 0.4) is 0 Å². The molecule has 0 radical (unpaired) electrons. The first-order valence-electron chi connectivity index (χ1n) is 10.7. The van der Waals surface area contributed by atoms with Crippen LogP contribution in [0.4, 0.5) is 17.1 Å². The predicted molar refractivity (Wildman–Crippen MR) is 129 cm³/mol. The minimum Gasteiger partial charge on any atom is -0.375 e. The fourth-order valence-electron chi connectivity index (χ4n) is 4.03. The normalized spacial score (nSPS) is 16.5. The fraction of sp³-hybridized carbons (Fsp3) is 0.250. The van der Waals surface area contributed by atoms with Gasteiger partial charge in [-0.15, -0.1) is 0 Å². The van der Waals surface area contributed by atoms with E-state index >= 15 is 0 Å². The summed E-state index contributed by atoms with van der Waals surface area (Å²) in [4.78, 5) is 13.7. The third-order valence-electron chi connectivity index (χ3n) is 5.82. The molecule has 4 rings (SSSR count). The predicted octanol–water partition coefficient (Wildman–Crippen LogP) is 4.11. The number of sulfonamides is 1. The number of hydrogen-bond acceptors (Lipinski definition) is 6. The Balaban J connectivity index is 1.49. The highest BCUT2D eigenvalue weighted by atomic mass is 32.2. The number of benzene rings is 3. The van der Waals surface area contributed by atoms with E-state index < -0.39 is 14.9 Å². The lowest BCUT2D eigenvalue weighted by atomic mass is 10.2. The maximum Gasteiger partial charge on any atom is 0.294 e. The zero-order valence-corrected chi connectivity index (χ0v) is 19.1. The van der Waals surface area contributed by atoms with Gasteiger partial charge < -0.3 is 5.32 Å². The first-order valence-corrected chi connectivity index (χ1v) is 12.1. The molecule has 1 N–H and O–H groups in total. The van der Waals surface area contributed by atoms with Crippen molar-refractivity contribution in [1.82, 2.24) is 4.90 Å². The van der Waals surface area contributed by atoms with Gasteiger partial charge >= 0.3 is 0 Å². The van der Waals surface area contributed by atoms with Crippen LogP contribution < -0.4 is 9.62 Å². The van der Waals surface area contributed by atoms with Gasteiger partial charge in [0.25, 0.3) is 15.7 Å². The molecule has 172 valence electrons. The highest BCUT2D eigenvalue weighted by molar-refractivity contribution is 7.92. The molecule has 33 heavy (non-hydrogen) atoms. The maximum atomic E-state index is 12.9. The molecule has 1 saturated heterocycles. The van der Waals surface area contributed by atoms with Crippen LogP contribution in [-0.4, -0.2) is 44.4 Å². The number of nitrogens with zero attached hydrogens (tertiary/aromatic N) is 3. The van der Waals surface area contributed by atoms with Crippen molar-refractivity contribution in [3.05, 3.63) is 94.5 Å². The molecule has 3 aromatic carbocycles. The summed E-state index contributed by atoms with van der Waals surface area (Å²) in [5.41, 5.74) is 1.70. The zero-order valence-electron chi connectivity index (χ0n) is 18.3. The molecule has 0 bridgehead atoms. The number of nitro groups is 1. The van der Waals surface area contributed by atoms with E-state index in [-0.39, 0.29) is 22.3 Å². The quantitative estimate of drug-likeness (QED) is 0.397. The lowest BCUT2D eigenvalue weighted by molar-refractivity contribution is -0.383. The average Bonchev–Trinajstić information content (AvgIpc) is 3.26. The zero-order chi connectivity index (χ0) is 23.4. The first-order chi connectivity index (χ1) is 15.8. The van der Waals surface area contributed by atoms with Gasteiger partial charge in [-0.3, -0.25) is 19.3 Å². The largest absolute Gasteiger partial charge is 0.375 e. The van der Waals surface area contributed by atoms with Gasteiger partial charge in [-0.25, -0.2) is 8.42 Å². The summed E-state index contributed by atoms with van der Waals surface area (Å²) in [7, 11) is -2.43. The highest BCUT2D eigenvalue weighted by Gasteiger charge is 2.27. The number of likely N-dealkylation sites (tertiary alicyclic amines) is 1. The Morgan fingerprint density at radius 3 is 2.39 bits per heavy atom. The van der Waals surface area contributed by atoms with E-state index in [0.29, 0.717) is 5.69 Å². The average molecular weight is 467 g/mol. The second kappa shape index (κ2) is 9.60.